The van der Waals surface area contributed by atoms with E-state index in [9.17, 15) is 9.18 Å². The minimum Gasteiger partial charge on any atom is -0.384 e. The maximum absolute atomic E-state index is 13.1. The SMILES string of the molecule is O=C(CC1CCC1)Nc1ccc(F)cc1C#CCO. The van der Waals surface area contributed by atoms with Crippen LogP contribution in [0.3, 0.4) is 0 Å². The van der Waals surface area contributed by atoms with Crippen LogP contribution in [0, 0.1) is 23.6 Å². The molecule has 0 saturated heterocycles. The lowest BCUT2D eigenvalue weighted by molar-refractivity contribution is -0.117. The number of hydrogen-bond donors (Lipinski definition) is 2. The molecule has 3 nitrogen and oxygen atoms in total. The van der Waals surface area contributed by atoms with Gasteiger partial charge in [-0.15, -0.1) is 0 Å². The third-order valence-electron chi connectivity index (χ3n) is 3.26. The fourth-order valence-corrected chi connectivity index (χ4v) is 2.02. The van der Waals surface area contributed by atoms with E-state index < -0.39 is 5.82 Å². The van der Waals surface area contributed by atoms with Crippen molar-refractivity contribution in [3.8, 4) is 11.8 Å². The van der Waals surface area contributed by atoms with Gasteiger partial charge in [0.1, 0.15) is 12.4 Å². The topological polar surface area (TPSA) is 49.3 Å². The summed E-state index contributed by atoms with van der Waals surface area (Å²) in [6, 6.07) is 4.03. The number of carbonyl (C=O) groups excluding carboxylic acids is 1. The molecule has 19 heavy (non-hydrogen) atoms. The van der Waals surface area contributed by atoms with Crippen molar-refractivity contribution in [2.24, 2.45) is 5.92 Å². The molecular weight excluding hydrogens is 245 g/mol. The summed E-state index contributed by atoms with van der Waals surface area (Å²) < 4.78 is 13.1. The number of rotatable bonds is 3. The van der Waals surface area contributed by atoms with Crippen molar-refractivity contribution in [2.45, 2.75) is 25.7 Å². The van der Waals surface area contributed by atoms with Gasteiger partial charge in [-0.3, -0.25) is 4.79 Å². The van der Waals surface area contributed by atoms with Crippen molar-refractivity contribution in [3.63, 3.8) is 0 Å². The largest absolute Gasteiger partial charge is 0.384 e. The van der Waals surface area contributed by atoms with Crippen molar-refractivity contribution < 1.29 is 14.3 Å². The van der Waals surface area contributed by atoms with Crippen LogP contribution in [-0.2, 0) is 4.79 Å². The molecule has 1 aliphatic rings. The average Bonchev–Trinajstić information content (AvgIpc) is 2.34. The molecule has 1 fully saturated rings. The minimum absolute atomic E-state index is 0.0663. The van der Waals surface area contributed by atoms with Gasteiger partial charge in [0.15, 0.2) is 0 Å². The molecule has 2 N–H and O–H groups in total. The summed E-state index contributed by atoms with van der Waals surface area (Å²) in [5.41, 5.74) is 0.877. The summed E-state index contributed by atoms with van der Waals surface area (Å²) in [6.07, 6.45) is 3.91. The summed E-state index contributed by atoms with van der Waals surface area (Å²) in [6.45, 7) is -0.300. The third-order valence-corrected chi connectivity index (χ3v) is 3.26. The van der Waals surface area contributed by atoms with Crippen LogP contribution in [-0.4, -0.2) is 17.6 Å². The van der Waals surface area contributed by atoms with Crippen LogP contribution >= 0.6 is 0 Å². The zero-order chi connectivity index (χ0) is 13.7. The Morgan fingerprint density at radius 3 is 2.89 bits per heavy atom. The number of halogens is 1. The van der Waals surface area contributed by atoms with Crippen LogP contribution in [0.1, 0.15) is 31.2 Å². The quantitative estimate of drug-likeness (QED) is 0.820. The second-order valence-electron chi connectivity index (χ2n) is 4.70. The summed E-state index contributed by atoms with van der Waals surface area (Å²) in [5.74, 6) is 5.09. The van der Waals surface area contributed by atoms with Crippen LogP contribution in [0.25, 0.3) is 0 Å². The van der Waals surface area contributed by atoms with Crippen molar-refractivity contribution >= 4 is 11.6 Å². The zero-order valence-electron chi connectivity index (χ0n) is 10.6. The number of benzene rings is 1. The molecular formula is C15H16FNO2. The zero-order valence-corrected chi connectivity index (χ0v) is 10.6. The number of anilines is 1. The van der Waals surface area contributed by atoms with Gasteiger partial charge in [-0.05, 0) is 37.0 Å². The van der Waals surface area contributed by atoms with Crippen LogP contribution in [0.2, 0.25) is 0 Å². The molecule has 0 aromatic heterocycles. The highest BCUT2D eigenvalue weighted by Gasteiger charge is 2.20. The summed E-state index contributed by atoms with van der Waals surface area (Å²) in [5, 5.41) is 11.4. The molecule has 0 unspecified atom stereocenters. The number of carbonyl (C=O) groups is 1. The van der Waals surface area contributed by atoms with Gasteiger partial charge in [0.2, 0.25) is 5.91 Å². The minimum atomic E-state index is -0.417. The summed E-state index contributed by atoms with van der Waals surface area (Å²) >= 11 is 0. The van der Waals surface area contributed by atoms with Crippen molar-refractivity contribution in [2.75, 3.05) is 11.9 Å². The van der Waals surface area contributed by atoms with Crippen LogP contribution in [0.5, 0.6) is 0 Å². The first-order valence-electron chi connectivity index (χ1n) is 6.38. The Balaban J connectivity index is 2.07. The Kier molecular flexibility index (Phi) is 4.53. The molecule has 1 saturated carbocycles. The molecule has 2 rings (SSSR count). The predicted molar refractivity (Wildman–Crippen MR) is 71.0 cm³/mol. The third kappa shape index (κ3) is 3.80. The number of hydrogen-bond acceptors (Lipinski definition) is 2. The fourth-order valence-electron chi connectivity index (χ4n) is 2.02. The monoisotopic (exact) mass is 261 g/mol. The van der Waals surface area contributed by atoms with Crippen molar-refractivity contribution in [1.29, 1.82) is 0 Å². The highest BCUT2D eigenvalue weighted by molar-refractivity contribution is 5.92. The van der Waals surface area contributed by atoms with Gasteiger partial charge in [0.25, 0.3) is 0 Å². The van der Waals surface area contributed by atoms with Crippen molar-refractivity contribution in [3.05, 3.63) is 29.6 Å². The Bertz CT molecular complexity index is 527. The lowest BCUT2D eigenvalue weighted by Crippen LogP contribution is -2.21. The van der Waals surface area contributed by atoms with Gasteiger partial charge in [0.05, 0.1) is 11.3 Å². The first-order valence-corrected chi connectivity index (χ1v) is 6.38. The normalized spacial score (nSPS) is 14.2. The number of aliphatic hydroxyl groups excluding tert-OH is 1. The fraction of sp³-hybridized carbons (Fsp3) is 0.400. The van der Waals surface area contributed by atoms with Gasteiger partial charge in [-0.25, -0.2) is 4.39 Å². The molecule has 1 aliphatic carbocycles. The van der Waals surface area contributed by atoms with E-state index in [1.165, 1.54) is 24.6 Å². The Labute approximate surface area is 111 Å². The second-order valence-corrected chi connectivity index (χ2v) is 4.70. The van der Waals surface area contributed by atoms with E-state index in [-0.39, 0.29) is 12.5 Å². The van der Waals surface area contributed by atoms with E-state index in [4.69, 9.17) is 5.11 Å². The Morgan fingerprint density at radius 2 is 2.26 bits per heavy atom. The standard InChI is InChI=1S/C15H16FNO2/c16-13-6-7-14(12(10-13)5-2-8-18)17-15(19)9-11-3-1-4-11/h6-7,10-11,18H,1,3-4,8-9H2,(H,17,19). The lowest BCUT2D eigenvalue weighted by Gasteiger charge is -2.24. The van der Waals surface area contributed by atoms with Crippen LogP contribution < -0.4 is 5.32 Å². The number of amides is 1. The maximum Gasteiger partial charge on any atom is 0.224 e. The Morgan fingerprint density at radius 1 is 1.47 bits per heavy atom. The predicted octanol–water partition coefficient (Wildman–Crippen LogP) is 2.30. The smallest absolute Gasteiger partial charge is 0.224 e. The van der Waals surface area contributed by atoms with E-state index in [1.54, 1.807) is 0 Å². The van der Waals surface area contributed by atoms with E-state index in [1.807, 2.05) is 0 Å². The van der Waals surface area contributed by atoms with Gasteiger partial charge in [-0.1, -0.05) is 18.3 Å². The summed E-state index contributed by atoms with van der Waals surface area (Å²) in [7, 11) is 0. The molecule has 0 aliphatic heterocycles. The van der Waals surface area contributed by atoms with Gasteiger partial charge in [0, 0.05) is 6.42 Å². The van der Waals surface area contributed by atoms with Gasteiger partial charge in [-0.2, -0.15) is 0 Å². The summed E-state index contributed by atoms with van der Waals surface area (Å²) in [4.78, 5) is 11.8. The molecule has 0 spiro atoms. The molecule has 100 valence electrons. The lowest BCUT2D eigenvalue weighted by atomic mass is 9.83. The van der Waals surface area contributed by atoms with Gasteiger partial charge >= 0.3 is 0 Å². The molecule has 1 aromatic carbocycles. The number of aliphatic hydroxyl groups is 1. The Hall–Kier alpha value is -1.86. The maximum atomic E-state index is 13.1. The van der Waals surface area contributed by atoms with Crippen LogP contribution in [0.15, 0.2) is 18.2 Å². The molecule has 0 radical (unpaired) electrons. The van der Waals surface area contributed by atoms with Crippen LogP contribution in [0.4, 0.5) is 10.1 Å². The molecule has 0 atom stereocenters. The van der Waals surface area contributed by atoms with Gasteiger partial charge < -0.3 is 10.4 Å². The highest BCUT2D eigenvalue weighted by atomic mass is 19.1. The number of nitrogens with one attached hydrogen (secondary N) is 1. The highest BCUT2D eigenvalue weighted by Crippen LogP contribution is 2.29. The molecule has 1 amide bonds. The molecule has 1 aromatic rings. The van der Waals surface area contributed by atoms with E-state index >= 15 is 0 Å². The van der Waals surface area contributed by atoms with E-state index in [2.05, 4.69) is 17.2 Å². The van der Waals surface area contributed by atoms with Crippen molar-refractivity contribution in [1.82, 2.24) is 0 Å². The first kappa shape index (κ1) is 13.6. The molecule has 0 heterocycles. The molecule has 0 bridgehead atoms. The second kappa shape index (κ2) is 6.35. The van der Waals surface area contributed by atoms with E-state index in [0.29, 0.717) is 23.6 Å². The molecule has 4 heteroatoms. The first-order chi connectivity index (χ1) is 9.19. The van der Waals surface area contributed by atoms with E-state index in [0.717, 1.165) is 12.8 Å². The average molecular weight is 261 g/mol.